The molecular formula is C31H38O8. The Morgan fingerprint density at radius 2 is 1.72 bits per heavy atom. The fourth-order valence-electron chi connectivity index (χ4n) is 6.52. The van der Waals surface area contributed by atoms with E-state index in [0.717, 1.165) is 0 Å². The second kappa shape index (κ2) is 10.7. The van der Waals surface area contributed by atoms with E-state index in [4.69, 9.17) is 14.2 Å². The quantitative estimate of drug-likeness (QED) is 0.337. The Morgan fingerprint density at radius 3 is 2.33 bits per heavy atom. The zero-order chi connectivity index (χ0) is 28.7. The first-order chi connectivity index (χ1) is 18.3. The van der Waals surface area contributed by atoms with Crippen molar-refractivity contribution < 1.29 is 38.5 Å². The van der Waals surface area contributed by atoms with Crippen LogP contribution in [-0.4, -0.2) is 53.2 Å². The van der Waals surface area contributed by atoms with Crippen molar-refractivity contribution in [3.8, 4) is 0 Å². The lowest BCUT2D eigenvalue weighted by Crippen LogP contribution is -2.53. The molecule has 3 aliphatic carbocycles. The molecule has 8 heteroatoms. The number of Topliss-reactive ketones (excluding diaryl/α,β-unsaturated/α-hetero) is 1. The van der Waals surface area contributed by atoms with E-state index in [1.165, 1.54) is 13.8 Å². The Balaban J connectivity index is 1.85. The predicted molar refractivity (Wildman–Crippen MR) is 142 cm³/mol. The summed E-state index contributed by atoms with van der Waals surface area (Å²) in [6, 6.07) is 8.44. The van der Waals surface area contributed by atoms with Gasteiger partial charge in [-0.2, -0.15) is 0 Å². The second-order valence-electron chi connectivity index (χ2n) is 11.8. The zero-order valence-electron chi connectivity index (χ0n) is 23.4. The third-order valence-corrected chi connectivity index (χ3v) is 8.73. The molecule has 8 nitrogen and oxygen atoms in total. The van der Waals surface area contributed by atoms with Crippen LogP contribution in [0.15, 0.2) is 53.6 Å². The fourth-order valence-corrected chi connectivity index (χ4v) is 6.52. The number of esters is 3. The highest BCUT2D eigenvalue weighted by Crippen LogP contribution is 2.62. The molecule has 0 aliphatic heterocycles. The normalized spacial score (nSPS) is 36.0. The van der Waals surface area contributed by atoms with Crippen molar-refractivity contribution in [2.24, 2.45) is 29.1 Å². The SMILES string of the molecule is CC(=O)OC/C1=C\C[C@H]2[C@@H](/C=C(\C)C(=O)[C@@]3(O)C[C@H](C)[C@H](OC(=O)c4ccccc4)[C@@H]3[C@H]1OC(C)=O)C2(C)C. The van der Waals surface area contributed by atoms with Crippen molar-refractivity contribution in [1.29, 1.82) is 0 Å². The number of hydrogen-bond donors (Lipinski definition) is 1. The first-order valence-electron chi connectivity index (χ1n) is 13.5. The highest BCUT2D eigenvalue weighted by atomic mass is 16.6. The molecule has 0 saturated heterocycles. The molecule has 7 atom stereocenters. The molecule has 0 amide bonds. The van der Waals surface area contributed by atoms with Crippen LogP contribution < -0.4 is 0 Å². The van der Waals surface area contributed by atoms with E-state index < -0.39 is 53.3 Å². The minimum Gasteiger partial charge on any atom is -0.461 e. The van der Waals surface area contributed by atoms with Crippen molar-refractivity contribution in [2.75, 3.05) is 6.61 Å². The summed E-state index contributed by atoms with van der Waals surface area (Å²) in [4.78, 5) is 51.4. The second-order valence-corrected chi connectivity index (χ2v) is 11.8. The van der Waals surface area contributed by atoms with E-state index in [9.17, 15) is 24.3 Å². The average Bonchev–Trinajstić information content (AvgIpc) is 3.27. The topological polar surface area (TPSA) is 116 Å². The van der Waals surface area contributed by atoms with Crippen LogP contribution in [0.1, 0.15) is 64.7 Å². The van der Waals surface area contributed by atoms with Crippen LogP contribution in [0.3, 0.4) is 0 Å². The van der Waals surface area contributed by atoms with Crippen LogP contribution in [0.25, 0.3) is 0 Å². The van der Waals surface area contributed by atoms with Crippen molar-refractivity contribution in [3.63, 3.8) is 0 Å². The summed E-state index contributed by atoms with van der Waals surface area (Å²) in [5.41, 5.74) is -0.862. The molecule has 4 rings (SSSR count). The van der Waals surface area contributed by atoms with E-state index in [1.807, 2.05) is 12.2 Å². The van der Waals surface area contributed by atoms with E-state index >= 15 is 0 Å². The molecule has 1 aromatic rings. The van der Waals surface area contributed by atoms with Crippen LogP contribution in [0, 0.1) is 29.1 Å². The van der Waals surface area contributed by atoms with Crippen LogP contribution in [0.4, 0.5) is 0 Å². The van der Waals surface area contributed by atoms with Gasteiger partial charge in [0.2, 0.25) is 0 Å². The highest BCUT2D eigenvalue weighted by molar-refractivity contribution is 6.02. The Kier molecular flexibility index (Phi) is 7.90. The number of ether oxygens (including phenoxy) is 3. The number of aliphatic hydroxyl groups is 1. The number of hydrogen-bond acceptors (Lipinski definition) is 8. The summed E-state index contributed by atoms with van der Waals surface area (Å²) in [5.74, 6) is -3.48. The number of rotatable bonds is 5. The molecule has 0 spiro atoms. The van der Waals surface area contributed by atoms with Crippen molar-refractivity contribution >= 4 is 23.7 Å². The number of allylic oxidation sites excluding steroid dienone is 2. The molecule has 3 aliphatic rings. The van der Waals surface area contributed by atoms with Crippen molar-refractivity contribution in [3.05, 3.63) is 59.2 Å². The number of carbonyl (C=O) groups is 4. The third-order valence-electron chi connectivity index (χ3n) is 8.73. The minimum atomic E-state index is -1.99. The molecule has 2 fully saturated rings. The fraction of sp³-hybridized carbons (Fsp3) is 0.548. The van der Waals surface area contributed by atoms with Gasteiger partial charge in [0.1, 0.15) is 24.4 Å². The molecule has 0 aromatic heterocycles. The lowest BCUT2D eigenvalue weighted by molar-refractivity contribution is -0.162. The average molecular weight is 539 g/mol. The largest absolute Gasteiger partial charge is 0.461 e. The first-order valence-corrected chi connectivity index (χ1v) is 13.5. The molecule has 1 N–H and O–H groups in total. The summed E-state index contributed by atoms with van der Waals surface area (Å²) in [7, 11) is 0. The molecule has 0 bridgehead atoms. The Bertz CT molecular complexity index is 1210. The third kappa shape index (κ3) is 5.57. The van der Waals surface area contributed by atoms with Gasteiger partial charge in [-0.3, -0.25) is 14.4 Å². The molecule has 2 saturated carbocycles. The number of benzene rings is 1. The number of carbonyl (C=O) groups excluding carboxylic acids is 4. The van der Waals surface area contributed by atoms with E-state index in [-0.39, 0.29) is 30.3 Å². The summed E-state index contributed by atoms with van der Waals surface area (Å²) >= 11 is 0. The lowest BCUT2D eigenvalue weighted by atomic mass is 9.77. The smallest absolute Gasteiger partial charge is 0.338 e. The monoisotopic (exact) mass is 538 g/mol. The maximum absolute atomic E-state index is 14.0. The van der Waals surface area contributed by atoms with Gasteiger partial charge in [0.05, 0.1) is 11.5 Å². The highest BCUT2D eigenvalue weighted by Gasteiger charge is 2.63. The summed E-state index contributed by atoms with van der Waals surface area (Å²) in [5, 5.41) is 12.2. The number of fused-ring (bicyclic) bond motifs is 2. The first kappa shape index (κ1) is 28.7. The van der Waals surface area contributed by atoms with Gasteiger partial charge in [-0.1, -0.05) is 51.1 Å². The molecule has 0 unspecified atom stereocenters. The number of ketones is 1. The van der Waals surface area contributed by atoms with E-state index in [0.29, 0.717) is 23.1 Å². The van der Waals surface area contributed by atoms with Gasteiger partial charge >= 0.3 is 17.9 Å². The molecule has 39 heavy (non-hydrogen) atoms. The Hall–Kier alpha value is -3.26. The zero-order valence-corrected chi connectivity index (χ0v) is 23.4. The Labute approximate surface area is 229 Å². The maximum atomic E-state index is 14.0. The minimum absolute atomic E-state index is 0.00448. The summed E-state index contributed by atoms with van der Waals surface area (Å²) < 4.78 is 17.1. The van der Waals surface area contributed by atoms with Gasteiger partial charge in [0, 0.05) is 19.4 Å². The Morgan fingerprint density at radius 1 is 1.05 bits per heavy atom. The molecule has 1 aromatic carbocycles. The maximum Gasteiger partial charge on any atom is 0.338 e. The van der Waals surface area contributed by atoms with Crippen LogP contribution in [0.2, 0.25) is 0 Å². The van der Waals surface area contributed by atoms with Crippen molar-refractivity contribution in [1.82, 2.24) is 0 Å². The summed E-state index contributed by atoms with van der Waals surface area (Å²) in [6.07, 6.45) is 2.30. The van der Waals surface area contributed by atoms with Gasteiger partial charge in [0.25, 0.3) is 0 Å². The van der Waals surface area contributed by atoms with Crippen LogP contribution >= 0.6 is 0 Å². The standard InChI is InChI=1S/C31H38O8/c1-17-14-24-23(30(24,5)6)13-12-22(16-37-19(3)32)27(38-20(4)33)25-26(18(2)15-31(25,36)28(17)34)39-29(35)21-10-8-7-9-11-21/h7-12,14,18,23-27,36H,13,15-16H2,1-6H3/b17-14+,22-12+/t18-,23-,24+,25+,26-,27-,31+/m0/s1. The van der Waals surface area contributed by atoms with Crippen LogP contribution in [-0.2, 0) is 28.6 Å². The molecule has 0 radical (unpaired) electrons. The van der Waals surface area contributed by atoms with E-state index in [2.05, 4.69) is 13.8 Å². The predicted octanol–water partition coefficient (Wildman–Crippen LogP) is 4.21. The van der Waals surface area contributed by atoms with Gasteiger partial charge in [0.15, 0.2) is 5.78 Å². The molecular weight excluding hydrogens is 500 g/mol. The van der Waals surface area contributed by atoms with E-state index in [1.54, 1.807) is 44.2 Å². The van der Waals surface area contributed by atoms with Crippen molar-refractivity contribution in [2.45, 2.75) is 72.2 Å². The lowest BCUT2D eigenvalue weighted by Gasteiger charge is -2.37. The summed E-state index contributed by atoms with van der Waals surface area (Å²) in [6.45, 7) is 10.1. The van der Waals surface area contributed by atoms with Crippen LogP contribution in [0.5, 0.6) is 0 Å². The van der Waals surface area contributed by atoms with Gasteiger partial charge in [-0.15, -0.1) is 0 Å². The van der Waals surface area contributed by atoms with Gasteiger partial charge < -0.3 is 19.3 Å². The van der Waals surface area contributed by atoms with Gasteiger partial charge in [-0.05, 0) is 60.6 Å². The van der Waals surface area contributed by atoms with Gasteiger partial charge in [-0.25, -0.2) is 4.79 Å². The molecule has 210 valence electrons. The molecule has 0 heterocycles.